The van der Waals surface area contributed by atoms with Gasteiger partial charge in [-0.25, -0.2) is 0 Å². The zero-order valence-electron chi connectivity index (χ0n) is 35.4. The third-order valence-corrected chi connectivity index (χ3v) is 12.9. The third kappa shape index (κ3) is 10.4. The van der Waals surface area contributed by atoms with Gasteiger partial charge in [0.1, 0.15) is 24.2 Å². The summed E-state index contributed by atoms with van der Waals surface area (Å²) in [6, 6.07) is 0. The number of aliphatic hydroxyl groups is 2. The van der Waals surface area contributed by atoms with E-state index < -0.39 is 72.5 Å². The van der Waals surface area contributed by atoms with Crippen LogP contribution >= 0.6 is 0 Å². The van der Waals surface area contributed by atoms with Crippen molar-refractivity contribution in [2.24, 2.45) is 17.8 Å². The van der Waals surface area contributed by atoms with Crippen LogP contribution in [0.25, 0.3) is 0 Å². The Kier molecular flexibility index (Phi) is 15.6. The number of methoxy groups -OCH3 is 2. The van der Waals surface area contributed by atoms with Crippen LogP contribution in [-0.2, 0) is 47.4 Å². The molecule has 5 aliphatic heterocycles. The highest BCUT2D eigenvalue weighted by Crippen LogP contribution is 2.44. The summed E-state index contributed by atoms with van der Waals surface area (Å²) in [6.07, 6.45) is 8.84. The molecule has 0 saturated carbocycles. The van der Waals surface area contributed by atoms with E-state index in [0.29, 0.717) is 56.4 Å². The molecule has 5 heterocycles. The minimum Gasteiger partial charge on any atom is -0.462 e. The normalized spacial score (nSPS) is 45.8. The fourth-order valence-corrected chi connectivity index (χ4v) is 9.14. The van der Waals surface area contributed by atoms with Gasteiger partial charge >= 0.3 is 5.97 Å². The number of hydrogen-bond acceptors (Lipinski definition) is 12. The number of aliphatic hydroxyl groups excluding tert-OH is 1. The molecule has 17 atom stereocenters. The van der Waals surface area contributed by atoms with E-state index in [1.54, 1.807) is 28.1 Å². The van der Waals surface area contributed by atoms with Gasteiger partial charge in [-0.2, -0.15) is 0 Å². The first-order chi connectivity index (χ1) is 26.5. The van der Waals surface area contributed by atoms with Crippen LogP contribution in [-0.4, -0.2) is 115 Å². The molecule has 5 rings (SSSR count). The van der Waals surface area contributed by atoms with Crippen molar-refractivity contribution in [3.63, 3.8) is 0 Å². The highest BCUT2D eigenvalue weighted by molar-refractivity contribution is 5.77. The molecule has 5 aliphatic rings. The van der Waals surface area contributed by atoms with Crippen molar-refractivity contribution >= 4 is 5.97 Å². The van der Waals surface area contributed by atoms with Gasteiger partial charge in [-0.15, -0.1) is 6.58 Å². The molecule has 1 spiro atoms. The van der Waals surface area contributed by atoms with Gasteiger partial charge in [0.2, 0.25) is 0 Å². The number of ether oxygens (including phenoxy) is 9. The summed E-state index contributed by atoms with van der Waals surface area (Å²) in [5, 5.41) is 22.4. The van der Waals surface area contributed by atoms with Crippen molar-refractivity contribution in [3.05, 3.63) is 48.1 Å². The summed E-state index contributed by atoms with van der Waals surface area (Å²) in [5.41, 5.74) is 0.163. The lowest BCUT2D eigenvalue weighted by Gasteiger charge is -2.49. The first-order valence-corrected chi connectivity index (χ1v) is 20.9. The standard InChI is InChI=1S/C44H70O12/c1-12-31-16-14-15-26(4)40(53-38-23-36(49-11)41(30(8)51-38)54-37-22-35(48-10)39(45)29(7)50-37)27(5)17-18-32-21-33(52-42(46)34(13-2)43(31,9)47)24-44(56-32)20-19-25(3)28(6)55-44/h13-17,25-26,28-30,32-41,45,47H,2,12,18-24H2,1,3-11H3. The molecular formula is C44H70O12. The Morgan fingerprint density at radius 2 is 1.62 bits per heavy atom. The quantitative estimate of drug-likeness (QED) is 0.206. The lowest BCUT2D eigenvalue weighted by atomic mass is 9.80. The number of fused-ring (bicyclic) bond motifs is 2. The van der Waals surface area contributed by atoms with Gasteiger partial charge in [0, 0.05) is 52.2 Å². The summed E-state index contributed by atoms with van der Waals surface area (Å²) in [6.45, 7) is 19.7. The fourth-order valence-electron chi connectivity index (χ4n) is 9.14. The minimum absolute atomic E-state index is 0.00829. The molecule has 56 heavy (non-hydrogen) atoms. The Bertz CT molecular complexity index is 1410. The van der Waals surface area contributed by atoms with Crippen LogP contribution in [0.15, 0.2) is 48.1 Å². The number of rotatable bonds is 8. The smallest absolute Gasteiger partial charge is 0.316 e. The molecule has 318 valence electrons. The van der Waals surface area contributed by atoms with Crippen LogP contribution in [0.1, 0.15) is 107 Å². The van der Waals surface area contributed by atoms with Crippen LogP contribution < -0.4 is 0 Å². The second kappa shape index (κ2) is 19.4. The average molecular weight is 791 g/mol. The molecule has 0 aliphatic carbocycles. The third-order valence-electron chi connectivity index (χ3n) is 12.9. The zero-order valence-corrected chi connectivity index (χ0v) is 35.4. The van der Waals surface area contributed by atoms with Crippen molar-refractivity contribution in [1.29, 1.82) is 0 Å². The number of esters is 1. The molecule has 0 aromatic rings. The predicted octanol–water partition coefficient (Wildman–Crippen LogP) is 6.47. The highest BCUT2D eigenvalue weighted by Gasteiger charge is 2.49. The Morgan fingerprint density at radius 3 is 2.29 bits per heavy atom. The second-order valence-corrected chi connectivity index (χ2v) is 17.0. The van der Waals surface area contributed by atoms with E-state index in [0.717, 1.165) is 12.0 Å². The molecule has 0 aromatic heterocycles. The van der Waals surface area contributed by atoms with E-state index in [1.165, 1.54) is 6.08 Å². The summed E-state index contributed by atoms with van der Waals surface area (Å²) >= 11 is 0. The number of carbonyl (C=O) groups is 1. The van der Waals surface area contributed by atoms with Gasteiger partial charge in [0.05, 0.1) is 48.3 Å². The topological polar surface area (TPSA) is 141 Å². The van der Waals surface area contributed by atoms with Crippen molar-refractivity contribution < 1.29 is 57.6 Å². The van der Waals surface area contributed by atoms with Crippen LogP contribution in [0.4, 0.5) is 0 Å². The Hall–Kier alpha value is -1.97. The fraction of sp³-hybridized carbons (Fsp3) is 0.795. The van der Waals surface area contributed by atoms with Crippen molar-refractivity contribution in [1.82, 2.24) is 0 Å². The average Bonchev–Trinajstić information content (AvgIpc) is 3.14. The monoisotopic (exact) mass is 790 g/mol. The molecular weight excluding hydrogens is 720 g/mol. The van der Waals surface area contributed by atoms with Gasteiger partial charge in [-0.3, -0.25) is 4.79 Å². The van der Waals surface area contributed by atoms with Crippen LogP contribution in [0.2, 0.25) is 0 Å². The SMILES string of the molecule is C=CC1C(=O)OC2CC(CC=C(C)C(OC3CC(OC)C(OC4CC(OC)C(O)C(C)O4)C(C)O3)C(C)C=CC=C(CC)C1(C)O)OC1(CCC(C)C(C)O1)C2. The Labute approximate surface area is 334 Å². The van der Waals surface area contributed by atoms with E-state index in [2.05, 4.69) is 46.4 Å². The highest BCUT2D eigenvalue weighted by atomic mass is 16.7. The van der Waals surface area contributed by atoms with Crippen molar-refractivity contribution in [2.75, 3.05) is 14.2 Å². The number of hydrogen-bond donors (Lipinski definition) is 2. The van der Waals surface area contributed by atoms with E-state index in [9.17, 15) is 15.0 Å². The molecule has 0 radical (unpaired) electrons. The number of allylic oxidation sites excluding steroid dienone is 2. The van der Waals surface area contributed by atoms with Gasteiger partial charge in [0.25, 0.3) is 0 Å². The Morgan fingerprint density at radius 1 is 0.946 bits per heavy atom. The molecule has 17 unspecified atom stereocenters. The lowest BCUT2D eigenvalue weighted by Crippen LogP contribution is -2.55. The maximum absolute atomic E-state index is 13.8. The summed E-state index contributed by atoms with van der Waals surface area (Å²) in [7, 11) is 3.24. The molecule has 4 fully saturated rings. The molecule has 2 N–H and O–H groups in total. The molecule has 0 aromatic carbocycles. The van der Waals surface area contributed by atoms with Crippen LogP contribution in [0.3, 0.4) is 0 Å². The first-order valence-electron chi connectivity index (χ1n) is 20.9. The number of carbonyl (C=O) groups excluding carboxylic acids is 1. The molecule has 0 amide bonds. The van der Waals surface area contributed by atoms with Crippen LogP contribution in [0.5, 0.6) is 0 Å². The summed E-state index contributed by atoms with van der Waals surface area (Å²) in [5.74, 6) is -2.07. The van der Waals surface area contributed by atoms with E-state index in [4.69, 9.17) is 42.6 Å². The largest absolute Gasteiger partial charge is 0.462 e. The van der Waals surface area contributed by atoms with Gasteiger partial charge < -0.3 is 52.8 Å². The predicted molar refractivity (Wildman–Crippen MR) is 210 cm³/mol. The first kappa shape index (κ1) is 45.1. The van der Waals surface area contributed by atoms with E-state index in [-0.39, 0.29) is 30.3 Å². The summed E-state index contributed by atoms with van der Waals surface area (Å²) in [4.78, 5) is 13.8. The van der Waals surface area contributed by atoms with Gasteiger partial charge in [-0.1, -0.05) is 51.2 Å². The molecule has 12 heteroatoms. The van der Waals surface area contributed by atoms with Crippen molar-refractivity contribution in [3.8, 4) is 0 Å². The Balaban J connectivity index is 1.41. The molecule has 12 nitrogen and oxygen atoms in total. The van der Waals surface area contributed by atoms with E-state index >= 15 is 0 Å². The van der Waals surface area contributed by atoms with Gasteiger partial charge in [0.15, 0.2) is 18.4 Å². The molecule has 2 bridgehead atoms. The zero-order chi connectivity index (χ0) is 40.9. The molecule has 4 saturated heterocycles. The second-order valence-electron chi connectivity index (χ2n) is 17.0. The van der Waals surface area contributed by atoms with Gasteiger partial charge in [-0.05, 0) is 70.9 Å². The maximum Gasteiger partial charge on any atom is 0.316 e. The summed E-state index contributed by atoms with van der Waals surface area (Å²) < 4.78 is 56.9. The lowest BCUT2D eigenvalue weighted by molar-refractivity contribution is -0.332. The maximum atomic E-state index is 13.8. The van der Waals surface area contributed by atoms with Crippen molar-refractivity contribution in [2.45, 2.75) is 192 Å². The van der Waals surface area contributed by atoms with Crippen LogP contribution in [0, 0.1) is 17.8 Å². The minimum atomic E-state index is -1.53. The van der Waals surface area contributed by atoms with E-state index in [1.807, 2.05) is 26.0 Å².